The van der Waals surface area contributed by atoms with Gasteiger partial charge in [0.05, 0.1) is 13.7 Å². The van der Waals surface area contributed by atoms with E-state index in [-0.39, 0.29) is 39.7 Å². The summed E-state index contributed by atoms with van der Waals surface area (Å²) >= 11 is 3.01. The zero-order valence-corrected chi connectivity index (χ0v) is 6.91. The van der Waals surface area contributed by atoms with E-state index in [1.807, 2.05) is 0 Å². The third-order valence-corrected chi connectivity index (χ3v) is 1.54. The molecule has 1 aromatic carbocycles. The summed E-state index contributed by atoms with van der Waals surface area (Å²) in [5.74, 6) is 0. The molecular weight excluding hydrogens is 202 g/mol. The number of hydrogen-bond donors (Lipinski definition) is 0. The van der Waals surface area contributed by atoms with Gasteiger partial charge in [-0.15, -0.1) is 0 Å². The van der Waals surface area contributed by atoms with Gasteiger partial charge in [0, 0.05) is 16.0 Å². The summed E-state index contributed by atoms with van der Waals surface area (Å²) in [4.78, 5) is 3.79. The molecule has 0 fully saturated rings. The van der Waals surface area contributed by atoms with E-state index in [0.717, 1.165) is 0 Å². The van der Waals surface area contributed by atoms with Crippen molar-refractivity contribution in [2.45, 2.75) is 0 Å². The molecule has 2 aromatic rings. The first kappa shape index (κ1) is 2.87. The van der Waals surface area contributed by atoms with E-state index < -0.39 is 12.1 Å². The molecule has 1 aromatic heterocycles. The predicted octanol–water partition coefficient (Wildman–Crippen LogP) is 3.00. The van der Waals surface area contributed by atoms with Crippen LogP contribution in [0.25, 0.3) is 10.9 Å². The van der Waals surface area contributed by atoms with Crippen molar-refractivity contribution in [3.8, 4) is 0 Å². The zero-order chi connectivity index (χ0) is 12.9. The normalized spacial score (nSPS) is 17.9. The van der Waals surface area contributed by atoms with Crippen molar-refractivity contribution in [1.82, 2.24) is 4.98 Å². The number of nitrogens with zero attached hydrogens (tertiary/aromatic N) is 1. The summed E-state index contributed by atoms with van der Waals surface area (Å²) in [7, 11) is 0. The number of para-hydroxylation sites is 1. The van der Waals surface area contributed by atoms with Crippen LogP contribution >= 0.6 is 15.9 Å². The Morgan fingerprint density at radius 2 is 2.18 bits per heavy atom. The number of fused-ring (bicyclic) bond motifs is 1. The molecule has 0 aliphatic rings. The zero-order valence-electron chi connectivity index (χ0n) is 11.3. The molecule has 0 saturated heterocycles. The highest BCUT2D eigenvalue weighted by Crippen LogP contribution is 2.15. The number of benzene rings is 1. The second kappa shape index (κ2) is 2.62. The number of hydrogen-bond acceptors (Lipinski definition) is 1. The van der Waals surface area contributed by atoms with Gasteiger partial charge in [-0.2, -0.15) is 0 Å². The molecule has 0 amide bonds. The highest BCUT2D eigenvalue weighted by Gasteiger charge is 1.92. The largest absolute Gasteiger partial charge is 0.255 e. The van der Waals surface area contributed by atoms with Crippen molar-refractivity contribution < 1.29 is 8.22 Å². The Labute approximate surface area is 81.6 Å². The topological polar surface area (TPSA) is 12.9 Å². The lowest BCUT2D eigenvalue weighted by Gasteiger charge is -1.94. The van der Waals surface area contributed by atoms with Crippen LogP contribution in [-0.2, 0) is 0 Å². The third kappa shape index (κ3) is 1.26. The number of aromatic nitrogens is 1. The van der Waals surface area contributed by atoms with Gasteiger partial charge in [-0.25, -0.2) is 0 Å². The van der Waals surface area contributed by atoms with Crippen molar-refractivity contribution in [3.63, 3.8) is 0 Å². The summed E-state index contributed by atoms with van der Waals surface area (Å²) in [6.07, 6.45) is -0.215. The summed E-state index contributed by atoms with van der Waals surface area (Å²) in [6, 6.07) is -1.58. The highest BCUT2D eigenvalue weighted by atomic mass is 79.9. The molecular formula is C9H6BrN. The van der Waals surface area contributed by atoms with Gasteiger partial charge < -0.3 is 0 Å². The van der Waals surface area contributed by atoms with Crippen LogP contribution in [0.3, 0.4) is 0 Å². The minimum Gasteiger partial charge on any atom is -0.255 e. The van der Waals surface area contributed by atoms with E-state index in [4.69, 9.17) is 8.22 Å². The molecule has 0 aliphatic heterocycles. The molecule has 0 radical (unpaired) electrons. The first-order valence-corrected chi connectivity index (χ1v) is 3.68. The van der Waals surface area contributed by atoms with Crippen LogP contribution in [0.5, 0.6) is 0 Å². The molecule has 0 atom stereocenters. The molecule has 1 nitrogen and oxygen atoms in total. The molecule has 0 saturated carbocycles. The van der Waals surface area contributed by atoms with Gasteiger partial charge in [-0.05, 0) is 28.0 Å². The van der Waals surface area contributed by atoms with Gasteiger partial charge in [-0.1, -0.05) is 18.1 Å². The van der Waals surface area contributed by atoms with E-state index in [1.54, 1.807) is 0 Å². The quantitative estimate of drug-likeness (QED) is 0.656. The third-order valence-electron chi connectivity index (χ3n) is 1.17. The first-order chi connectivity index (χ1) is 7.86. The van der Waals surface area contributed by atoms with E-state index in [2.05, 4.69) is 20.9 Å². The first-order valence-electron chi connectivity index (χ1n) is 5.89. The maximum Gasteiger partial charge on any atom is 0.0852 e. The Morgan fingerprint density at radius 1 is 1.36 bits per heavy atom. The van der Waals surface area contributed by atoms with Crippen LogP contribution in [0, 0.1) is 0 Å². The minimum absolute atomic E-state index is 0.0267. The standard InChI is InChI=1S/C9H6BrN/c10-8-5-7-3-1-2-4-9(7)11-6-8/h1-6H/i1D,2D,3D,4D,5D,6D. The SMILES string of the molecule is [2H]c1nc2c([2H])c([2H])c([2H])c([2H])c2c([2H])c1Br. The number of halogens is 1. The molecule has 1 heterocycles. The molecule has 0 spiro atoms. The van der Waals surface area contributed by atoms with Gasteiger partial charge in [0.1, 0.15) is 0 Å². The van der Waals surface area contributed by atoms with Crippen LogP contribution in [-0.4, -0.2) is 4.98 Å². The maximum atomic E-state index is 7.78. The molecule has 0 unspecified atom stereocenters. The van der Waals surface area contributed by atoms with Crippen molar-refractivity contribution in [2.75, 3.05) is 0 Å². The van der Waals surface area contributed by atoms with Crippen molar-refractivity contribution >= 4 is 26.8 Å². The summed E-state index contributed by atoms with van der Waals surface area (Å²) < 4.78 is 45.8. The minimum atomic E-state index is -0.406. The van der Waals surface area contributed by atoms with Crippen LogP contribution in [0.1, 0.15) is 8.22 Å². The monoisotopic (exact) mass is 213 g/mol. The van der Waals surface area contributed by atoms with Gasteiger partial charge in [0.15, 0.2) is 0 Å². The second-order valence-electron chi connectivity index (χ2n) is 1.89. The van der Waals surface area contributed by atoms with Crippen molar-refractivity contribution in [3.05, 3.63) is 40.9 Å². The fourth-order valence-electron chi connectivity index (χ4n) is 0.723. The Morgan fingerprint density at radius 3 is 3.09 bits per heavy atom. The maximum absolute atomic E-state index is 7.78. The fourth-order valence-corrected chi connectivity index (χ4v) is 1.01. The van der Waals surface area contributed by atoms with Crippen LogP contribution in [0.15, 0.2) is 40.9 Å². The van der Waals surface area contributed by atoms with E-state index in [9.17, 15) is 0 Å². The fraction of sp³-hybridized carbons (Fsp3) is 0. The smallest absolute Gasteiger partial charge is 0.0852 e. The summed E-state index contributed by atoms with van der Waals surface area (Å²) in [5, 5.41) is 0.0267. The number of pyridine rings is 1. The van der Waals surface area contributed by atoms with Crippen LogP contribution in [0.4, 0.5) is 0 Å². The van der Waals surface area contributed by atoms with Crippen LogP contribution in [0.2, 0.25) is 0 Å². The summed E-state index contributed by atoms with van der Waals surface area (Å²) in [6.45, 7) is 0. The Balaban J connectivity index is 3.12. The molecule has 2 rings (SSSR count). The lowest BCUT2D eigenvalue weighted by atomic mass is 10.2. The van der Waals surface area contributed by atoms with E-state index in [0.29, 0.717) is 0 Å². The lowest BCUT2D eigenvalue weighted by molar-refractivity contribution is 1.39. The molecule has 0 N–H and O–H groups in total. The van der Waals surface area contributed by atoms with Crippen molar-refractivity contribution in [2.24, 2.45) is 0 Å². The Hall–Kier alpha value is -0.890. The second-order valence-corrected chi connectivity index (χ2v) is 2.68. The van der Waals surface area contributed by atoms with Crippen LogP contribution < -0.4 is 0 Å². The van der Waals surface area contributed by atoms with E-state index >= 15 is 0 Å². The molecule has 0 aliphatic carbocycles. The highest BCUT2D eigenvalue weighted by molar-refractivity contribution is 9.10. The van der Waals surface area contributed by atoms with Gasteiger partial charge in [0.25, 0.3) is 0 Å². The van der Waals surface area contributed by atoms with E-state index in [1.165, 1.54) is 0 Å². The number of rotatable bonds is 0. The van der Waals surface area contributed by atoms with Gasteiger partial charge in [-0.3, -0.25) is 4.98 Å². The molecule has 54 valence electrons. The average molecular weight is 214 g/mol. The Kier molecular flexibility index (Phi) is 0.684. The lowest BCUT2D eigenvalue weighted by Crippen LogP contribution is -1.76. The summed E-state index contributed by atoms with van der Waals surface area (Å²) in [5.41, 5.74) is -0.0470. The average Bonchev–Trinajstić information content (AvgIpc) is 2.30. The van der Waals surface area contributed by atoms with Crippen molar-refractivity contribution in [1.29, 1.82) is 0 Å². The molecule has 11 heavy (non-hydrogen) atoms. The predicted molar refractivity (Wildman–Crippen MR) is 49.4 cm³/mol. The Bertz CT molecular complexity index is 633. The molecule has 0 bridgehead atoms. The van der Waals surface area contributed by atoms with Gasteiger partial charge in [0.2, 0.25) is 0 Å². The van der Waals surface area contributed by atoms with Gasteiger partial charge >= 0.3 is 0 Å². The molecule has 2 heteroatoms.